The predicted molar refractivity (Wildman–Crippen MR) is 33.1 cm³/mol. The molecule has 0 saturated heterocycles. The molecule has 0 heterocycles. The summed E-state index contributed by atoms with van der Waals surface area (Å²) < 4.78 is 0. The summed E-state index contributed by atoms with van der Waals surface area (Å²) in [6.45, 7) is 0. The van der Waals surface area contributed by atoms with Gasteiger partial charge in [-0.15, -0.1) is 0 Å². The largest absolute Gasteiger partial charge is 0 e. The molecule has 0 aromatic heterocycles. The van der Waals surface area contributed by atoms with Crippen molar-refractivity contribution in [3.8, 4) is 0 Å². The smallest absolute Gasteiger partial charge is 0 e. The normalized spacial score (nSPS) is 0. The van der Waals surface area contributed by atoms with E-state index in [4.69, 9.17) is 0 Å². The zero-order valence-corrected chi connectivity index (χ0v) is 20.1. The Morgan fingerprint density at radius 3 is 1.00 bits per heavy atom. The summed E-state index contributed by atoms with van der Waals surface area (Å²) in [6.07, 6.45) is 0. The molecule has 22 valence electrons. The van der Waals surface area contributed by atoms with Gasteiger partial charge in [-0.05, 0) is 0 Å². The van der Waals surface area contributed by atoms with Gasteiger partial charge in [-0.1, -0.05) is 0 Å². The summed E-state index contributed by atoms with van der Waals surface area (Å²) >= 11 is 0. The average Bonchev–Trinajstić information content (AvgIpc) is 0. The van der Waals surface area contributed by atoms with Crippen LogP contribution in [0, 0.1) is 0 Å². The Bertz CT molecular complexity index is 11.6. The minimum atomic E-state index is 0. The summed E-state index contributed by atoms with van der Waals surface area (Å²) in [5, 5.41) is 0. The molecule has 5 heteroatoms. The first kappa shape index (κ1) is 31.2. The van der Waals surface area contributed by atoms with Crippen LogP contribution in [-0.2, 0) is 20.4 Å². The van der Waals surface area contributed by atoms with Gasteiger partial charge in [0.25, 0.3) is 0 Å². The van der Waals surface area contributed by atoms with Crippen molar-refractivity contribution < 1.29 is 20.4 Å². The maximum Gasteiger partial charge on any atom is 0 e. The minimum absolute atomic E-state index is 0. The van der Waals surface area contributed by atoms with Gasteiger partial charge in [-0.25, -0.2) is 0 Å². The van der Waals surface area contributed by atoms with E-state index in [9.17, 15) is 0 Å². The molecule has 0 unspecified atom stereocenters. The van der Waals surface area contributed by atoms with Gasteiger partial charge in [0.15, 0.2) is 0 Å². The SMILES string of the molecule is [Cs].[I].[Rb].[Re].[S]. The van der Waals surface area contributed by atoms with Crippen LogP contribution < -0.4 is 0 Å². The Balaban J connectivity index is 0. The molecule has 0 fully saturated rings. The molecule has 0 spiro atoms. The van der Waals surface area contributed by atoms with Gasteiger partial charge in [-0.2, -0.15) is 0 Å². The summed E-state index contributed by atoms with van der Waals surface area (Å²) in [5.41, 5.74) is 0. The maximum atomic E-state index is 0. The molecule has 0 atom stereocenters. The van der Waals surface area contributed by atoms with Crippen LogP contribution in [0.5, 0.6) is 0 Å². The van der Waals surface area contributed by atoms with Crippen molar-refractivity contribution in [2.24, 2.45) is 0 Å². The van der Waals surface area contributed by atoms with Gasteiger partial charge in [0.1, 0.15) is 0 Å². The maximum absolute atomic E-state index is 0. The fourth-order valence-electron chi connectivity index (χ4n) is 0. The van der Waals surface area contributed by atoms with Crippen molar-refractivity contribution in [3.05, 3.63) is 0 Å². The molecule has 0 bridgehead atoms. The summed E-state index contributed by atoms with van der Waals surface area (Å²) in [7, 11) is 0. The topological polar surface area (TPSA) is 0 Å². The van der Waals surface area contributed by atoms with Crippen LogP contribution in [0.25, 0.3) is 0 Å². The Kier molecular flexibility index (Phi) is 141. The third-order valence-corrected chi connectivity index (χ3v) is 0. The molecule has 0 N–H and O–H groups in total. The molecular weight excluding hydrogens is 564 g/mol. The Morgan fingerprint density at radius 2 is 1.00 bits per heavy atom. The van der Waals surface area contributed by atoms with E-state index >= 15 is 0 Å². The molecule has 0 aromatic carbocycles. The summed E-state index contributed by atoms with van der Waals surface area (Å²) in [5.74, 6) is 0. The van der Waals surface area contributed by atoms with Crippen LogP contribution in [0.3, 0.4) is 0 Å². The monoisotopic (exact) mass is 564 g/mol. The van der Waals surface area contributed by atoms with E-state index in [0.29, 0.717) is 0 Å². The van der Waals surface area contributed by atoms with Gasteiger partial charge in [-0.3, -0.25) is 0 Å². The van der Waals surface area contributed by atoms with Crippen molar-refractivity contribution in [3.63, 3.8) is 0 Å². The Hall–Kier alpha value is 5.60. The molecule has 0 rings (SSSR count). The van der Waals surface area contributed by atoms with Crippen LogP contribution in [0.15, 0.2) is 0 Å². The molecule has 0 saturated carbocycles. The molecule has 0 nitrogen and oxygen atoms in total. The van der Waals surface area contributed by atoms with Gasteiger partial charge in [0.05, 0.1) is 0 Å². The summed E-state index contributed by atoms with van der Waals surface area (Å²) in [4.78, 5) is 0. The third-order valence-electron chi connectivity index (χ3n) is 0. The molecule has 0 aliphatic carbocycles. The second-order valence-corrected chi connectivity index (χ2v) is 0. The molecule has 0 aliphatic heterocycles. The van der Waals surface area contributed by atoms with E-state index in [2.05, 4.69) is 0 Å². The molecule has 6 radical (unpaired) electrons. The first-order chi connectivity index (χ1) is 0. The predicted octanol–water partition coefficient (Wildman–Crippen LogP) is 0.770. The summed E-state index contributed by atoms with van der Waals surface area (Å²) in [6, 6.07) is 0. The standard InChI is InChI=1S/Cs.I.Rb.Re.S. The minimum Gasteiger partial charge on any atom is 0 e. The van der Waals surface area contributed by atoms with Gasteiger partial charge in [0.2, 0.25) is 0 Å². The van der Waals surface area contributed by atoms with Crippen molar-refractivity contribution in [2.45, 2.75) is 0 Å². The van der Waals surface area contributed by atoms with Crippen LogP contribution in [0.4, 0.5) is 0 Å². The quantitative estimate of drug-likeness (QED) is 0.383. The first-order valence-corrected chi connectivity index (χ1v) is 0. The van der Waals surface area contributed by atoms with Gasteiger partial charge >= 0.3 is 0 Å². The van der Waals surface area contributed by atoms with Crippen LogP contribution in [0.1, 0.15) is 0 Å². The van der Waals surface area contributed by atoms with Crippen LogP contribution in [0.2, 0.25) is 0 Å². The fourth-order valence-corrected chi connectivity index (χ4v) is 0. The van der Waals surface area contributed by atoms with Crippen molar-refractivity contribution >= 4 is 165 Å². The van der Waals surface area contributed by atoms with Crippen molar-refractivity contribution in [1.29, 1.82) is 0 Å². The molecule has 0 aliphatic rings. The fraction of sp³-hybridized carbons (Fsp3) is 0. The first-order valence-electron chi connectivity index (χ1n) is 0. The van der Waals surface area contributed by atoms with E-state index in [1.165, 1.54) is 0 Å². The van der Waals surface area contributed by atoms with E-state index in [1.807, 2.05) is 0 Å². The molecular formula is CsIRbReS. The number of rotatable bonds is 0. The Morgan fingerprint density at radius 1 is 1.00 bits per heavy atom. The molecule has 0 aromatic rings. The van der Waals surface area contributed by atoms with Crippen molar-refractivity contribution in [2.75, 3.05) is 0 Å². The number of hydrogen-bond donors (Lipinski definition) is 0. The molecule has 0 amide bonds. The number of halogens is 1. The molecule has 5 heavy (non-hydrogen) atoms. The van der Waals surface area contributed by atoms with E-state index in [1.54, 1.807) is 0 Å². The van der Waals surface area contributed by atoms with Crippen LogP contribution >= 0.6 is 37.5 Å². The van der Waals surface area contributed by atoms with E-state index in [-0.39, 0.29) is 185 Å². The third kappa shape index (κ3) is 17.7. The second kappa shape index (κ2) is 22.6. The van der Waals surface area contributed by atoms with Gasteiger partial charge in [0, 0.05) is 185 Å². The Labute approximate surface area is 178 Å². The zero-order chi connectivity index (χ0) is 0. The zero-order valence-electron chi connectivity index (χ0n) is 3.16. The van der Waals surface area contributed by atoms with E-state index in [0.717, 1.165) is 0 Å². The van der Waals surface area contributed by atoms with E-state index < -0.39 is 0 Å². The van der Waals surface area contributed by atoms with Gasteiger partial charge < -0.3 is 0 Å². The van der Waals surface area contributed by atoms with Crippen molar-refractivity contribution in [1.82, 2.24) is 0 Å². The average molecular weight is 564 g/mol. The second-order valence-electron chi connectivity index (χ2n) is 0. The number of hydrogen-bond acceptors (Lipinski definition) is 0. The van der Waals surface area contributed by atoms with Crippen LogP contribution in [-0.4, -0.2) is 127 Å².